The van der Waals surface area contributed by atoms with E-state index in [0.29, 0.717) is 11.8 Å². The van der Waals surface area contributed by atoms with Crippen LogP contribution in [-0.2, 0) is 22.9 Å². The number of nitrogens with zero attached hydrogens (tertiary/aromatic N) is 4. The molecule has 1 unspecified atom stereocenters. The third-order valence-corrected chi connectivity index (χ3v) is 9.95. The monoisotopic (exact) mass is 609 g/mol. The minimum atomic E-state index is -4.31. The van der Waals surface area contributed by atoms with Crippen LogP contribution in [-0.4, -0.2) is 66.4 Å². The summed E-state index contributed by atoms with van der Waals surface area (Å²) < 4.78 is 47.1. The topological polar surface area (TPSA) is 62.6 Å². The Kier molecular flexibility index (Phi) is 8.64. The number of fused-ring (bicyclic) bond motifs is 4. The Labute approximate surface area is 257 Å². The highest BCUT2D eigenvalue weighted by Gasteiger charge is 2.46. The molecule has 2 bridgehead atoms. The number of alkyl halides is 3. The maximum Gasteiger partial charge on any atom is 0.416 e. The molecular formula is C34H42F3N5O2. The number of imidazole rings is 1. The third-order valence-electron chi connectivity index (χ3n) is 9.95. The van der Waals surface area contributed by atoms with Crippen LogP contribution >= 0.6 is 0 Å². The summed E-state index contributed by atoms with van der Waals surface area (Å²) in [7, 11) is 1.61. The fraction of sp³-hybridized carbons (Fsp3) is 0.529. The molecule has 0 saturated carbocycles. The van der Waals surface area contributed by atoms with E-state index in [-0.39, 0.29) is 17.6 Å². The quantitative estimate of drug-likeness (QED) is 0.297. The molecule has 3 aromatic rings. The van der Waals surface area contributed by atoms with E-state index in [0.717, 1.165) is 88.4 Å². The van der Waals surface area contributed by atoms with Crippen LogP contribution in [0.3, 0.4) is 0 Å². The molecular weight excluding hydrogens is 567 g/mol. The molecule has 44 heavy (non-hydrogen) atoms. The van der Waals surface area contributed by atoms with Crippen LogP contribution in [0.25, 0.3) is 11.4 Å². The lowest BCUT2D eigenvalue weighted by molar-refractivity contribution is -0.137. The van der Waals surface area contributed by atoms with Gasteiger partial charge in [-0.15, -0.1) is 0 Å². The summed E-state index contributed by atoms with van der Waals surface area (Å²) in [5, 5.41) is 2.64. The molecule has 2 saturated heterocycles. The van der Waals surface area contributed by atoms with Crippen molar-refractivity contribution in [2.75, 3.05) is 44.7 Å². The van der Waals surface area contributed by atoms with Gasteiger partial charge in [0.05, 0.1) is 5.56 Å². The number of hydrogen-bond donors (Lipinski definition) is 1. The van der Waals surface area contributed by atoms with E-state index < -0.39 is 11.7 Å². The Morgan fingerprint density at radius 2 is 1.89 bits per heavy atom. The van der Waals surface area contributed by atoms with Gasteiger partial charge in [-0.25, -0.2) is 9.78 Å². The van der Waals surface area contributed by atoms with Crippen molar-refractivity contribution in [1.82, 2.24) is 19.8 Å². The number of carbonyl (C=O) groups excluding carboxylic acids is 1. The lowest BCUT2D eigenvalue weighted by Crippen LogP contribution is -2.54. The van der Waals surface area contributed by atoms with Crippen molar-refractivity contribution < 1.29 is 22.7 Å². The number of piperidine rings is 1. The van der Waals surface area contributed by atoms with Gasteiger partial charge in [-0.05, 0) is 80.6 Å². The summed E-state index contributed by atoms with van der Waals surface area (Å²) in [6, 6.07) is 14.3. The molecule has 3 aliphatic heterocycles. The number of hydrogen-bond acceptors (Lipinski definition) is 5. The number of ether oxygens (including phenoxy) is 1. The Balaban J connectivity index is 1.15. The first-order valence-electron chi connectivity index (χ1n) is 15.8. The van der Waals surface area contributed by atoms with Crippen LogP contribution < -0.4 is 10.2 Å². The number of anilines is 1. The SMILES string of the molecule is CCC[C@H](CC1(C2CCN(CC3CN(c4ccc(C(F)(F)F)cc4)C3)CC2)Cn2ccnc2-c2cccc1c2)OC(=O)NC. The van der Waals surface area contributed by atoms with E-state index in [2.05, 4.69) is 62.1 Å². The normalized spacial score (nSPS) is 21.7. The van der Waals surface area contributed by atoms with Crippen LogP contribution in [0.4, 0.5) is 23.7 Å². The highest BCUT2D eigenvalue weighted by Crippen LogP contribution is 2.47. The molecule has 1 aromatic heterocycles. The maximum absolute atomic E-state index is 12.9. The van der Waals surface area contributed by atoms with E-state index in [4.69, 9.17) is 4.74 Å². The summed E-state index contributed by atoms with van der Waals surface area (Å²) in [6.45, 7) is 7.63. The number of likely N-dealkylation sites (tertiary alicyclic amines) is 1. The number of nitrogens with one attached hydrogen (secondary N) is 1. The molecule has 2 fully saturated rings. The minimum absolute atomic E-state index is 0.196. The molecule has 2 atom stereocenters. The molecule has 6 rings (SSSR count). The second-order valence-electron chi connectivity index (χ2n) is 12.8. The minimum Gasteiger partial charge on any atom is -0.446 e. The van der Waals surface area contributed by atoms with Crippen molar-refractivity contribution >= 4 is 11.8 Å². The van der Waals surface area contributed by atoms with Crippen LogP contribution in [0, 0.1) is 11.8 Å². The lowest BCUT2D eigenvalue weighted by Gasteiger charge is -2.48. The Morgan fingerprint density at radius 3 is 2.57 bits per heavy atom. The van der Waals surface area contributed by atoms with Crippen LogP contribution in [0.5, 0.6) is 0 Å². The zero-order valence-electron chi connectivity index (χ0n) is 25.5. The molecule has 3 aliphatic rings. The fourth-order valence-electron chi connectivity index (χ4n) is 7.71. The van der Waals surface area contributed by atoms with Crippen molar-refractivity contribution in [2.24, 2.45) is 11.8 Å². The van der Waals surface area contributed by atoms with E-state index >= 15 is 0 Å². The van der Waals surface area contributed by atoms with Gasteiger partial charge in [-0.2, -0.15) is 13.2 Å². The average molecular weight is 610 g/mol. The molecule has 10 heteroatoms. The van der Waals surface area contributed by atoms with Gasteiger partial charge >= 0.3 is 12.3 Å². The number of carbonyl (C=O) groups is 1. The molecule has 1 N–H and O–H groups in total. The van der Waals surface area contributed by atoms with Gasteiger partial charge in [-0.3, -0.25) is 0 Å². The second-order valence-corrected chi connectivity index (χ2v) is 12.8. The van der Waals surface area contributed by atoms with E-state index in [1.54, 1.807) is 19.2 Å². The van der Waals surface area contributed by atoms with E-state index in [1.807, 2.05) is 6.20 Å². The lowest BCUT2D eigenvalue weighted by atomic mass is 9.63. The highest BCUT2D eigenvalue weighted by atomic mass is 19.4. The molecule has 7 nitrogen and oxygen atoms in total. The summed E-state index contributed by atoms with van der Waals surface area (Å²) in [4.78, 5) is 21.8. The van der Waals surface area contributed by atoms with Gasteiger partial charge < -0.3 is 24.4 Å². The second kappa shape index (κ2) is 12.5. The predicted octanol–water partition coefficient (Wildman–Crippen LogP) is 6.58. The van der Waals surface area contributed by atoms with E-state index in [1.165, 1.54) is 17.7 Å². The van der Waals surface area contributed by atoms with Gasteiger partial charge in [-0.1, -0.05) is 31.5 Å². The summed E-state index contributed by atoms with van der Waals surface area (Å²) in [6.07, 6.45) is 3.63. The maximum atomic E-state index is 12.9. The fourth-order valence-corrected chi connectivity index (χ4v) is 7.71. The molecule has 2 aromatic carbocycles. The van der Waals surface area contributed by atoms with Gasteiger partial charge in [0.1, 0.15) is 11.9 Å². The van der Waals surface area contributed by atoms with Crippen molar-refractivity contribution in [1.29, 1.82) is 0 Å². The van der Waals surface area contributed by atoms with Gasteiger partial charge in [0.2, 0.25) is 0 Å². The average Bonchev–Trinajstić information content (AvgIpc) is 3.43. The highest BCUT2D eigenvalue weighted by molar-refractivity contribution is 5.67. The molecule has 1 amide bonds. The van der Waals surface area contributed by atoms with Gasteiger partial charge in [0.15, 0.2) is 0 Å². The zero-order chi connectivity index (χ0) is 30.9. The number of alkyl carbamates (subject to hydrolysis) is 1. The molecule has 0 aliphatic carbocycles. The number of benzene rings is 2. The van der Waals surface area contributed by atoms with Crippen LogP contribution in [0.15, 0.2) is 60.9 Å². The smallest absolute Gasteiger partial charge is 0.416 e. The summed E-state index contributed by atoms with van der Waals surface area (Å²) >= 11 is 0. The number of aromatic nitrogens is 2. The predicted molar refractivity (Wildman–Crippen MR) is 165 cm³/mol. The van der Waals surface area contributed by atoms with Gasteiger partial charge in [0.25, 0.3) is 0 Å². The first-order valence-corrected chi connectivity index (χ1v) is 15.8. The van der Waals surface area contributed by atoms with Crippen molar-refractivity contribution in [3.63, 3.8) is 0 Å². The Morgan fingerprint density at radius 1 is 1.14 bits per heavy atom. The first-order chi connectivity index (χ1) is 21.2. The molecule has 0 radical (unpaired) electrons. The molecule has 0 spiro atoms. The zero-order valence-corrected chi connectivity index (χ0v) is 25.5. The summed E-state index contributed by atoms with van der Waals surface area (Å²) in [5.74, 6) is 1.88. The largest absolute Gasteiger partial charge is 0.446 e. The van der Waals surface area contributed by atoms with Crippen molar-refractivity contribution in [3.8, 4) is 11.4 Å². The Hall–Kier alpha value is -3.53. The number of halogens is 3. The first kappa shape index (κ1) is 30.5. The molecule has 236 valence electrons. The molecule has 4 heterocycles. The third kappa shape index (κ3) is 6.18. The number of amides is 1. The van der Waals surface area contributed by atoms with Crippen molar-refractivity contribution in [3.05, 3.63) is 72.1 Å². The van der Waals surface area contributed by atoms with Gasteiger partial charge in [0, 0.05) is 68.2 Å². The standard InChI is InChI=1S/C34H42F3N5O2/c1-3-5-30(44-32(43)38-2)19-33(23-41-17-14-39-31(41)25-6-4-7-28(33)18-25)26-12-15-40(16-13-26)20-24-21-42(22-24)29-10-8-27(9-11-29)34(35,36)37/h4,6-11,14,17-18,24,26,30H,3,5,12-13,15-16,19-23H2,1-2H3,(H,38,43)/t30-,33?/m1/s1. The summed E-state index contributed by atoms with van der Waals surface area (Å²) in [5.41, 5.74) is 2.45. The number of rotatable bonds is 9. The van der Waals surface area contributed by atoms with Crippen molar-refractivity contribution in [2.45, 2.75) is 63.3 Å². The Bertz CT molecular complexity index is 1430. The van der Waals surface area contributed by atoms with E-state index in [9.17, 15) is 18.0 Å². The van der Waals surface area contributed by atoms with Crippen LogP contribution in [0.1, 0.15) is 50.2 Å². The van der Waals surface area contributed by atoms with Crippen LogP contribution in [0.2, 0.25) is 0 Å².